The van der Waals surface area contributed by atoms with Crippen LogP contribution in [-0.2, 0) is 11.3 Å². The molecule has 134 valence electrons. The van der Waals surface area contributed by atoms with Gasteiger partial charge in [0.25, 0.3) is 0 Å². The van der Waals surface area contributed by atoms with Crippen molar-refractivity contribution in [3.8, 4) is 0 Å². The number of ether oxygens (including phenoxy) is 1. The molecule has 24 heavy (non-hydrogen) atoms. The van der Waals surface area contributed by atoms with E-state index in [-0.39, 0.29) is 0 Å². The minimum absolute atomic E-state index is 0.358. The summed E-state index contributed by atoms with van der Waals surface area (Å²) in [5.74, 6) is 9.92. The molecule has 1 aromatic rings. The van der Waals surface area contributed by atoms with E-state index in [4.69, 9.17) is 4.74 Å². The molecule has 0 aliphatic carbocycles. The Kier molecular flexibility index (Phi) is 11.6. The topological polar surface area (TPSA) is 9.23 Å². The van der Waals surface area contributed by atoms with Crippen LogP contribution in [0.2, 0.25) is 0 Å². The molecule has 0 unspecified atom stereocenters. The maximum absolute atomic E-state index is 6.22. The maximum Gasteiger partial charge on any atom is 0.0760 e. The summed E-state index contributed by atoms with van der Waals surface area (Å²) < 4.78 is 6.22. The smallest absolute Gasteiger partial charge is 0.0760 e. The van der Waals surface area contributed by atoms with E-state index in [9.17, 15) is 0 Å². The van der Waals surface area contributed by atoms with Crippen molar-refractivity contribution in [1.29, 1.82) is 0 Å². The van der Waals surface area contributed by atoms with Crippen molar-refractivity contribution in [3.63, 3.8) is 0 Å². The molecule has 0 bridgehead atoms. The van der Waals surface area contributed by atoms with Crippen LogP contribution >= 0.6 is 47.0 Å². The van der Waals surface area contributed by atoms with Gasteiger partial charge in [-0.3, -0.25) is 0 Å². The van der Waals surface area contributed by atoms with Gasteiger partial charge in [-0.15, -0.1) is 0 Å². The standard InChI is InChI=1S/C19H28OS4/c1-2-17-4-6-18(7-5-17)14-20-19-15-23-12-10-21-8-3-9-22-11-13-24-16-19/h2,4-7,19H,1,3,8-16H2. The van der Waals surface area contributed by atoms with Crippen molar-refractivity contribution in [2.24, 2.45) is 0 Å². The van der Waals surface area contributed by atoms with Gasteiger partial charge in [0.2, 0.25) is 0 Å². The minimum Gasteiger partial charge on any atom is -0.372 e. The van der Waals surface area contributed by atoms with Gasteiger partial charge in [0.15, 0.2) is 0 Å². The molecule has 1 aliphatic heterocycles. The van der Waals surface area contributed by atoms with E-state index in [1.54, 1.807) is 0 Å². The highest BCUT2D eigenvalue weighted by Crippen LogP contribution is 2.18. The van der Waals surface area contributed by atoms with Crippen molar-refractivity contribution in [2.75, 3.05) is 46.0 Å². The summed E-state index contributed by atoms with van der Waals surface area (Å²) in [6.45, 7) is 4.52. The van der Waals surface area contributed by atoms with Gasteiger partial charge in [-0.25, -0.2) is 0 Å². The van der Waals surface area contributed by atoms with E-state index < -0.39 is 0 Å². The third-order valence-corrected chi connectivity index (χ3v) is 8.49. The van der Waals surface area contributed by atoms with Crippen molar-refractivity contribution < 1.29 is 4.74 Å². The quantitative estimate of drug-likeness (QED) is 0.653. The molecule has 1 heterocycles. The molecule has 1 saturated heterocycles. The van der Waals surface area contributed by atoms with Crippen LogP contribution in [0.25, 0.3) is 6.08 Å². The molecule has 0 aromatic heterocycles. The van der Waals surface area contributed by atoms with Crippen molar-refractivity contribution in [2.45, 2.75) is 19.1 Å². The van der Waals surface area contributed by atoms with Gasteiger partial charge in [-0.05, 0) is 29.1 Å². The third kappa shape index (κ3) is 9.14. The molecule has 0 amide bonds. The molecular weight excluding hydrogens is 372 g/mol. The summed E-state index contributed by atoms with van der Waals surface area (Å²) in [6, 6.07) is 8.51. The second kappa shape index (κ2) is 13.5. The predicted octanol–water partition coefficient (Wildman–Crippen LogP) is 5.55. The fraction of sp³-hybridized carbons (Fsp3) is 0.579. The van der Waals surface area contributed by atoms with Gasteiger partial charge in [-0.1, -0.05) is 36.9 Å². The summed E-state index contributed by atoms with van der Waals surface area (Å²) in [5, 5.41) is 0. The molecule has 0 atom stereocenters. The van der Waals surface area contributed by atoms with Crippen LogP contribution in [0.4, 0.5) is 0 Å². The summed E-state index contributed by atoms with van der Waals surface area (Å²) in [5.41, 5.74) is 2.42. The zero-order valence-corrected chi connectivity index (χ0v) is 17.5. The fourth-order valence-corrected chi connectivity index (χ4v) is 6.85. The lowest BCUT2D eigenvalue weighted by molar-refractivity contribution is 0.0719. The summed E-state index contributed by atoms with van der Waals surface area (Å²) in [6.07, 6.45) is 3.60. The van der Waals surface area contributed by atoms with Crippen LogP contribution < -0.4 is 0 Å². The Balaban J connectivity index is 1.76. The zero-order valence-electron chi connectivity index (χ0n) is 14.3. The monoisotopic (exact) mass is 400 g/mol. The second-order valence-corrected chi connectivity index (χ2v) is 10.4. The first-order valence-corrected chi connectivity index (χ1v) is 13.1. The molecular formula is C19H28OS4. The molecule has 0 N–H and O–H groups in total. The largest absolute Gasteiger partial charge is 0.372 e. The lowest BCUT2D eigenvalue weighted by Crippen LogP contribution is -2.20. The van der Waals surface area contributed by atoms with Crippen LogP contribution in [0.15, 0.2) is 30.8 Å². The highest BCUT2D eigenvalue weighted by molar-refractivity contribution is 8.04. The summed E-state index contributed by atoms with van der Waals surface area (Å²) in [4.78, 5) is 0. The Labute approximate surface area is 164 Å². The first kappa shape index (κ1) is 20.6. The summed E-state index contributed by atoms with van der Waals surface area (Å²) in [7, 11) is 0. The molecule has 1 fully saturated rings. The summed E-state index contributed by atoms with van der Waals surface area (Å²) >= 11 is 8.32. The Morgan fingerprint density at radius 1 is 0.875 bits per heavy atom. The first-order chi connectivity index (χ1) is 11.9. The van der Waals surface area contributed by atoms with Gasteiger partial charge in [0, 0.05) is 34.5 Å². The number of thioether (sulfide) groups is 4. The van der Waals surface area contributed by atoms with Crippen LogP contribution in [0.1, 0.15) is 17.5 Å². The molecule has 1 aromatic carbocycles. The maximum atomic E-state index is 6.22. The SMILES string of the molecule is C=Cc1ccc(COC2CSCCSCCCSCCSC2)cc1. The van der Waals surface area contributed by atoms with Crippen LogP contribution in [0.5, 0.6) is 0 Å². The Morgan fingerprint density at radius 2 is 1.46 bits per heavy atom. The molecule has 1 aliphatic rings. The van der Waals surface area contributed by atoms with Crippen molar-refractivity contribution >= 4 is 53.1 Å². The molecule has 0 radical (unpaired) electrons. The Morgan fingerprint density at radius 3 is 2.04 bits per heavy atom. The average Bonchev–Trinajstić information content (AvgIpc) is 2.63. The van der Waals surface area contributed by atoms with E-state index in [1.165, 1.54) is 46.5 Å². The average molecular weight is 401 g/mol. The van der Waals surface area contributed by atoms with Gasteiger partial charge in [-0.2, -0.15) is 47.0 Å². The zero-order chi connectivity index (χ0) is 16.9. The lowest BCUT2D eigenvalue weighted by Gasteiger charge is -2.18. The number of rotatable bonds is 4. The predicted molar refractivity (Wildman–Crippen MR) is 119 cm³/mol. The fourth-order valence-electron chi connectivity index (χ4n) is 2.24. The van der Waals surface area contributed by atoms with E-state index in [1.807, 2.05) is 6.08 Å². The van der Waals surface area contributed by atoms with Crippen molar-refractivity contribution in [3.05, 3.63) is 42.0 Å². The van der Waals surface area contributed by atoms with Crippen LogP contribution in [0.3, 0.4) is 0 Å². The molecule has 1 nitrogen and oxygen atoms in total. The number of hydrogen-bond acceptors (Lipinski definition) is 5. The minimum atomic E-state index is 0.358. The Hall–Kier alpha value is 0.320. The molecule has 5 heteroatoms. The normalized spacial score (nSPS) is 19.5. The third-order valence-electron chi connectivity index (χ3n) is 3.63. The first-order valence-electron chi connectivity index (χ1n) is 8.52. The molecule has 2 rings (SSSR count). The van der Waals surface area contributed by atoms with Gasteiger partial charge >= 0.3 is 0 Å². The van der Waals surface area contributed by atoms with Gasteiger partial charge in [0.05, 0.1) is 12.7 Å². The molecule has 0 saturated carbocycles. The van der Waals surface area contributed by atoms with Crippen LogP contribution in [-0.4, -0.2) is 52.1 Å². The number of hydrogen-bond donors (Lipinski definition) is 0. The lowest BCUT2D eigenvalue weighted by atomic mass is 10.1. The highest BCUT2D eigenvalue weighted by Gasteiger charge is 2.11. The van der Waals surface area contributed by atoms with E-state index in [0.29, 0.717) is 12.7 Å². The van der Waals surface area contributed by atoms with E-state index >= 15 is 0 Å². The van der Waals surface area contributed by atoms with Gasteiger partial charge < -0.3 is 4.74 Å². The van der Waals surface area contributed by atoms with Gasteiger partial charge in [0.1, 0.15) is 0 Å². The highest BCUT2D eigenvalue weighted by atomic mass is 32.2. The van der Waals surface area contributed by atoms with Crippen molar-refractivity contribution in [1.82, 2.24) is 0 Å². The molecule has 0 spiro atoms. The second-order valence-electron chi connectivity index (χ2n) is 5.61. The van der Waals surface area contributed by atoms with Crippen LogP contribution in [0, 0.1) is 0 Å². The Bertz CT molecular complexity index is 435. The number of benzene rings is 1. The van der Waals surface area contributed by atoms with E-state index in [2.05, 4.69) is 77.9 Å². The van der Waals surface area contributed by atoms with E-state index in [0.717, 1.165) is 17.1 Å².